The SMILES string of the molecule is Fc1cccc(Oc2cc(Cl)cc(Cl)c2)c1CNC1CC1. The molecule has 0 unspecified atom stereocenters. The molecule has 0 bridgehead atoms. The van der Waals surface area contributed by atoms with Gasteiger partial charge in [-0.15, -0.1) is 0 Å². The summed E-state index contributed by atoms with van der Waals surface area (Å²) in [5.74, 6) is 0.682. The van der Waals surface area contributed by atoms with Gasteiger partial charge in [-0.1, -0.05) is 29.3 Å². The number of hydrogen-bond acceptors (Lipinski definition) is 2. The molecule has 1 fully saturated rings. The second kappa shape index (κ2) is 6.22. The molecule has 5 heteroatoms. The molecule has 1 aliphatic carbocycles. The first-order chi connectivity index (χ1) is 10.1. The molecule has 1 saturated carbocycles. The Morgan fingerprint density at radius 3 is 2.52 bits per heavy atom. The first-order valence-electron chi connectivity index (χ1n) is 6.76. The highest BCUT2D eigenvalue weighted by atomic mass is 35.5. The van der Waals surface area contributed by atoms with Crippen LogP contribution in [0.4, 0.5) is 4.39 Å². The average Bonchev–Trinajstić information content (AvgIpc) is 3.21. The number of rotatable bonds is 5. The molecule has 21 heavy (non-hydrogen) atoms. The van der Waals surface area contributed by atoms with Gasteiger partial charge in [-0.2, -0.15) is 0 Å². The van der Waals surface area contributed by atoms with Crippen LogP contribution in [-0.4, -0.2) is 6.04 Å². The maximum atomic E-state index is 14.0. The Labute approximate surface area is 132 Å². The first-order valence-corrected chi connectivity index (χ1v) is 7.52. The van der Waals surface area contributed by atoms with Gasteiger partial charge in [0.25, 0.3) is 0 Å². The van der Waals surface area contributed by atoms with Gasteiger partial charge in [-0.25, -0.2) is 4.39 Å². The monoisotopic (exact) mass is 325 g/mol. The Balaban J connectivity index is 1.84. The van der Waals surface area contributed by atoms with Crippen molar-refractivity contribution in [2.45, 2.75) is 25.4 Å². The van der Waals surface area contributed by atoms with Gasteiger partial charge < -0.3 is 10.1 Å². The number of halogens is 3. The standard InChI is InChI=1S/C16H14Cl2FNO/c17-10-6-11(18)8-13(7-10)21-16-3-1-2-15(19)14(16)9-20-12-4-5-12/h1-3,6-8,12,20H,4-5,9H2. The van der Waals surface area contributed by atoms with Crippen molar-refractivity contribution in [1.82, 2.24) is 5.32 Å². The van der Waals surface area contributed by atoms with E-state index in [4.69, 9.17) is 27.9 Å². The van der Waals surface area contributed by atoms with Gasteiger partial charge in [0.05, 0.1) is 0 Å². The van der Waals surface area contributed by atoms with E-state index < -0.39 is 0 Å². The molecule has 110 valence electrons. The van der Waals surface area contributed by atoms with Crippen LogP contribution in [0.15, 0.2) is 36.4 Å². The molecule has 2 nitrogen and oxygen atoms in total. The zero-order valence-electron chi connectivity index (χ0n) is 11.2. The lowest BCUT2D eigenvalue weighted by atomic mass is 10.2. The maximum Gasteiger partial charge on any atom is 0.134 e. The number of nitrogens with one attached hydrogen (secondary N) is 1. The molecule has 0 aliphatic heterocycles. The molecule has 0 heterocycles. The Morgan fingerprint density at radius 1 is 1.14 bits per heavy atom. The third-order valence-corrected chi connectivity index (χ3v) is 3.72. The summed E-state index contributed by atoms with van der Waals surface area (Å²) in [5.41, 5.74) is 0.514. The molecule has 3 rings (SSSR count). The fraction of sp³-hybridized carbons (Fsp3) is 0.250. The van der Waals surface area contributed by atoms with E-state index >= 15 is 0 Å². The number of hydrogen-bond donors (Lipinski definition) is 1. The summed E-state index contributed by atoms with van der Waals surface area (Å²) in [6.45, 7) is 0.445. The largest absolute Gasteiger partial charge is 0.457 e. The molecule has 1 N–H and O–H groups in total. The van der Waals surface area contributed by atoms with E-state index in [9.17, 15) is 4.39 Å². The molecular weight excluding hydrogens is 312 g/mol. The summed E-state index contributed by atoms with van der Waals surface area (Å²) < 4.78 is 19.8. The highest BCUT2D eigenvalue weighted by Crippen LogP contribution is 2.31. The third-order valence-electron chi connectivity index (χ3n) is 3.28. The van der Waals surface area contributed by atoms with Crippen LogP contribution < -0.4 is 10.1 Å². The second-order valence-electron chi connectivity index (χ2n) is 5.08. The van der Waals surface area contributed by atoms with Gasteiger partial charge in [0, 0.05) is 28.2 Å². The lowest BCUT2D eigenvalue weighted by Gasteiger charge is -2.13. The summed E-state index contributed by atoms with van der Waals surface area (Å²) in [5, 5.41) is 4.25. The Hall–Kier alpha value is -1.29. The van der Waals surface area contributed by atoms with E-state index in [0.29, 0.717) is 39.7 Å². The van der Waals surface area contributed by atoms with Crippen LogP contribution in [0.1, 0.15) is 18.4 Å². The van der Waals surface area contributed by atoms with Crippen molar-refractivity contribution >= 4 is 23.2 Å². The fourth-order valence-corrected chi connectivity index (χ4v) is 2.56. The van der Waals surface area contributed by atoms with Crippen LogP contribution >= 0.6 is 23.2 Å². The zero-order valence-corrected chi connectivity index (χ0v) is 12.7. The minimum atomic E-state index is -0.284. The number of ether oxygens (including phenoxy) is 1. The molecule has 0 amide bonds. The normalized spacial score (nSPS) is 14.2. The summed E-state index contributed by atoms with van der Waals surface area (Å²) >= 11 is 11.9. The maximum absolute atomic E-state index is 14.0. The van der Waals surface area contributed by atoms with Crippen LogP contribution in [0, 0.1) is 5.82 Å². The third kappa shape index (κ3) is 3.88. The summed E-state index contributed by atoms with van der Waals surface area (Å²) in [6, 6.07) is 10.2. The van der Waals surface area contributed by atoms with Gasteiger partial charge in [-0.05, 0) is 43.2 Å². The van der Waals surface area contributed by atoms with E-state index in [2.05, 4.69) is 5.32 Å². The molecule has 2 aromatic carbocycles. The van der Waals surface area contributed by atoms with Crippen molar-refractivity contribution in [2.75, 3.05) is 0 Å². The Kier molecular flexibility index (Phi) is 4.34. The van der Waals surface area contributed by atoms with Gasteiger partial charge >= 0.3 is 0 Å². The van der Waals surface area contributed by atoms with Crippen molar-refractivity contribution in [3.63, 3.8) is 0 Å². The van der Waals surface area contributed by atoms with Crippen molar-refractivity contribution in [2.24, 2.45) is 0 Å². The van der Waals surface area contributed by atoms with E-state index in [1.54, 1.807) is 30.3 Å². The predicted molar refractivity (Wildman–Crippen MR) is 82.8 cm³/mol. The van der Waals surface area contributed by atoms with Crippen LogP contribution in [0.5, 0.6) is 11.5 Å². The van der Waals surface area contributed by atoms with Crippen LogP contribution in [0.25, 0.3) is 0 Å². The van der Waals surface area contributed by atoms with Crippen LogP contribution in [0.3, 0.4) is 0 Å². The molecule has 2 aromatic rings. The first kappa shape index (κ1) is 14.6. The van der Waals surface area contributed by atoms with E-state index in [1.807, 2.05) is 0 Å². The molecule has 0 spiro atoms. The topological polar surface area (TPSA) is 21.3 Å². The van der Waals surface area contributed by atoms with Crippen LogP contribution in [0.2, 0.25) is 10.0 Å². The number of benzene rings is 2. The molecular formula is C16H14Cl2FNO. The minimum Gasteiger partial charge on any atom is -0.457 e. The van der Waals surface area contributed by atoms with Gasteiger partial charge in [0.1, 0.15) is 17.3 Å². The molecule has 1 aliphatic rings. The molecule has 0 radical (unpaired) electrons. The van der Waals surface area contributed by atoms with E-state index in [0.717, 1.165) is 12.8 Å². The highest BCUT2D eigenvalue weighted by molar-refractivity contribution is 6.34. The van der Waals surface area contributed by atoms with Crippen molar-refractivity contribution < 1.29 is 9.13 Å². The molecule has 0 saturated heterocycles. The fourth-order valence-electron chi connectivity index (χ4n) is 2.05. The quantitative estimate of drug-likeness (QED) is 0.818. The van der Waals surface area contributed by atoms with E-state index in [1.165, 1.54) is 6.07 Å². The lowest BCUT2D eigenvalue weighted by molar-refractivity contribution is 0.461. The molecule has 0 atom stereocenters. The highest BCUT2D eigenvalue weighted by Gasteiger charge is 2.21. The van der Waals surface area contributed by atoms with Crippen LogP contribution in [-0.2, 0) is 6.54 Å². The summed E-state index contributed by atoms with van der Waals surface area (Å²) in [6.07, 6.45) is 2.29. The smallest absolute Gasteiger partial charge is 0.134 e. The van der Waals surface area contributed by atoms with Crippen molar-refractivity contribution in [3.8, 4) is 11.5 Å². The van der Waals surface area contributed by atoms with Gasteiger partial charge in [-0.3, -0.25) is 0 Å². The Bertz CT molecular complexity index is 638. The zero-order chi connectivity index (χ0) is 14.8. The molecule has 0 aromatic heterocycles. The van der Waals surface area contributed by atoms with Crippen molar-refractivity contribution in [1.29, 1.82) is 0 Å². The van der Waals surface area contributed by atoms with E-state index in [-0.39, 0.29) is 5.82 Å². The summed E-state index contributed by atoms with van der Waals surface area (Å²) in [7, 11) is 0. The van der Waals surface area contributed by atoms with Gasteiger partial charge in [0.15, 0.2) is 0 Å². The van der Waals surface area contributed by atoms with Crippen molar-refractivity contribution in [3.05, 3.63) is 57.8 Å². The van der Waals surface area contributed by atoms with Gasteiger partial charge in [0.2, 0.25) is 0 Å². The minimum absolute atomic E-state index is 0.284. The predicted octanol–water partition coefficient (Wildman–Crippen LogP) is 5.18. The average molecular weight is 326 g/mol. The second-order valence-corrected chi connectivity index (χ2v) is 5.95. The Morgan fingerprint density at radius 2 is 1.86 bits per heavy atom. The lowest BCUT2D eigenvalue weighted by Crippen LogP contribution is -2.16. The summed E-state index contributed by atoms with van der Waals surface area (Å²) in [4.78, 5) is 0.